The van der Waals surface area contributed by atoms with Crippen LogP contribution in [0, 0.1) is 5.92 Å². The van der Waals surface area contributed by atoms with Gasteiger partial charge in [-0.15, -0.1) is 0 Å². The normalized spacial score (nSPS) is 17.8. The molecule has 0 heterocycles. The third kappa shape index (κ3) is 4.43. The molecule has 3 N–H and O–H groups in total. The Balaban J connectivity index is 2.52. The maximum Gasteiger partial charge on any atom is 0.280 e. The molecule has 0 unspecified atom stereocenters. The second-order valence-corrected chi connectivity index (χ2v) is 5.88. The van der Waals surface area contributed by atoms with Crippen molar-refractivity contribution in [1.82, 2.24) is 16.0 Å². The molecule has 0 aromatic carbocycles. The third-order valence-electron chi connectivity index (χ3n) is 3.00. The van der Waals surface area contributed by atoms with Crippen LogP contribution in [0.15, 0.2) is 0 Å². The summed E-state index contributed by atoms with van der Waals surface area (Å²) in [4.78, 5) is 33.4. The van der Waals surface area contributed by atoms with E-state index in [1.54, 1.807) is 22.6 Å². The fourth-order valence-corrected chi connectivity index (χ4v) is 1.91. The molecule has 1 saturated carbocycles. The van der Waals surface area contributed by atoms with Gasteiger partial charge < -0.3 is 16.0 Å². The maximum absolute atomic E-state index is 12.0. The minimum atomic E-state index is -0.532. The van der Waals surface area contributed by atoms with Gasteiger partial charge in [0, 0.05) is 29.1 Å². The summed E-state index contributed by atoms with van der Waals surface area (Å²) in [5, 5.41) is 8.12. The lowest BCUT2D eigenvalue weighted by Crippen LogP contribution is -2.53. The molecule has 1 rings (SSSR count). The number of amides is 3. The first-order valence-corrected chi connectivity index (χ1v) is 6.93. The summed E-state index contributed by atoms with van der Waals surface area (Å²) in [5.74, 6) is -0.178. The first kappa shape index (κ1) is 15.2. The van der Waals surface area contributed by atoms with Crippen molar-refractivity contribution >= 4 is 38.8 Å². The van der Waals surface area contributed by atoms with E-state index in [9.17, 15) is 14.4 Å². The lowest BCUT2D eigenvalue weighted by atomic mass is 10.0. The SMILES string of the molecule is CC(C)[C@H](NC=O)C(=O)NC1(CNC(=O)I)CC1. The molecule has 0 radical (unpaired) electrons. The van der Waals surface area contributed by atoms with E-state index in [1.807, 2.05) is 13.8 Å². The Morgan fingerprint density at radius 3 is 2.39 bits per heavy atom. The summed E-state index contributed by atoms with van der Waals surface area (Å²) in [6.45, 7) is 4.17. The number of halogens is 1. The van der Waals surface area contributed by atoms with Crippen LogP contribution >= 0.6 is 22.6 Å². The molecule has 7 heteroatoms. The Labute approximate surface area is 120 Å². The van der Waals surface area contributed by atoms with Crippen molar-refractivity contribution in [3.05, 3.63) is 0 Å². The van der Waals surface area contributed by atoms with Gasteiger partial charge in [-0.05, 0) is 18.8 Å². The Morgan fingerprint density at radius 2 is 2.00 bits per heavy atom. The van der Waals surface area contributed by atoms with E-state index in [2.05, 4.69) is 16.0 Å². The Bertz CT molecular complexity index is 342. The largest absolute Gasteiger partial charge is 0.347 e. The molecule has 1 aliphatic rings. The number of carbonyl (C=O) groups is 3. The van der Waals surface area contributed by atoms with Gasteiger partial charge in [-0.2, -0.15) is 0 Å². The van der Waals surface area contributed by atoms with E-state index in [-0.39, 0.29) is 21.3 Å². The molecule has 0 bridgehead atoms. The molecule has 1 aliphatic carbocycles. The fourth-order valence-electron chi connectivity index (χ4n) is 1.72. The van der Waals surface area contributed by atoms with E-state index >= 15 is 0 Å². The number of rotatable bonds is 7. The second kappa shape index (κ2) is 6.35. The standard InChI is InChI=1S/C11H18IN3O3/c1-7(2)8(14-6-16)9(17)15-11(3-4-11)5-13-10(12)18/h6-8H,3-5H2,1-2H3,(H,13,18)(H,14,16)(H,15,17)/t8-/m0/s1. The van der Waals surface area contributed by atoms with Crippen molar-refractivity contribution < 1.29 is 14.4 Å². The van der Waals surface area contributed by atoms with Crippen LogP contribution in [0.1, 0.15) is 26.7 Å². The first-order chi connectivity index (χ1) is 8.40. The highest BCUT2D eigenvalue weighted by Crippen LogP contribution is 2.34. The van der Waals surface area contributed by atoms with Crippen LogP contribution in [0.25, 0.3) is 0 Å². The van der Waals surface area contributed by atoms with Gasteiger partial charge in [0.15, 0.2) is 0 Å². The van der Waals surface area contributed by atoms with E-state index in [1.165, 1.54) is 0 Å². The molecule has 3 amide bonds. The zero-order valence-electron chi connectivity index (χ0n) is 10.5. The molecule has 0 aliphatic heterocycles. The van der Waals surface area contributed by atoms with Crippen LogP contribution in [0.4, 0.5) is 4.79 Å². The lowest BCUT2D eigenvalue weighted by Gasteiger charge is -2.24. The van der Waals surface area contributed by atoms with Gasteiger partial charge in [0.2, 0.25) is 12.3 Å². The van der Waals surface area contributed by atoms with Gasteiger partial charge in [0.25, 0.3) is 3.91 Å². The molecule has 0 spiro atoms. The van der Waals surface area contributed by atoms with Crippen molar-refractivity contribution in [1.29, 1.82) is 0 Å². The van der Waals surface area contributed by atoms with E-state index in [0.717, 1.165) is 12.8 Å². The minimum absolute atomic E-state index is 0.0187. The van der Waals surface area contributed by atoms with Crippen molar-refractivity contribution in [2.45, 2.75) is 38.3 Å². The van der Waals surface area contributed by atoms with E-state index in [0.29, 0.717) is 13.0 Å². The summed E-state index contributed by atoms with van der Waals surface area (Å²) in [7, 11) is 0. The third-order valence-corrected chi connectivity index (χ3v) is 3.39. The van der Waals surface area contributed by atoms with Crippen LogP contribution in [-0.4, -0.2) is 34.4 Å². The van der Waals surface area contributed by atoms with Crippen LogP contribution in [-0.2, 0) is 9.59 Å². The molecule has 0 aromatic heterocycles. The summed E-state index contributed by atoms with van der Waals surface area (Å²) >= 11 is 1.66. The first-order valence-electron chi connectivity index (χ1n) is 5.85. The van der Waals surface area contributed by atoms with Gasteiger partial charge in [-0.1, -0.05) is 13.8 Å². The molecule has 0 aromatic rings. The number of hydrogen-bond donors (Lipinski definition) is 3. The molecule has 18 heavy (non-hydrogen) atoms. The summed E-state index contributed by atoms with van der Waals surface area (Å²) in [6.07, 6.45) is 2.24. The van der Waals surface area contributed by atoms with Crippen molar-refractivity contribution in [3.63, 3.8) is 0 Å². The van der Waals surface area contributed by atoms with Crippen LogP contribution in [0.2, 0.25) is 0 Å². The smallest absolute Gasteiger partial charge is 0.280 e. The summed E-state index contributed by atoms with van der Waals surface area (Å²) in [6, 6.07) is -0.532. The molecular formula is C11H18IN3O3. The minimum Gasteiger partial charge on any atom is -0.347 e. The maximum atomic E-state index is 12.0. The Hall–Kier alpha value is -0.860. The monoisotopic (exact) mass is 367 g/mol. The molecule has 102 valence electrons. The topological polar surface area (TPSA) is 87.3 Å². The molecule has 1 atom stereocenters. The Morgan fingerprint density at radius 1 is 1.39 bits per heavy atom. The fraction of sp³-hybridized carbons (Fsp3) is 0.727. The highest BCUT2D eigenvalue weighted by atomic mass is 127. The number of hydrogen-bond acceptors (Lipinski definition) is 3. The second-order valence-electron chi connectivity index (χ2n) is 4.90. The average molecular weight is 367 g/mol. The van der Waals surface area contributed by atoms with Gasteiger partial charge in [0.05, 0.1) is 5.54 Å². The van der Waals surface area contributed by atoms with Crippen molar-refractivity contribution in [3.8, 4) is 0 Å². The van der Waals surface area contributed by atoms with Gasteiger partial charge in [-0.25, -0.2) is 0 Å². The van der Waals surface area contributed by atoms with E-state index in [4.69, 9.17) is 0 Å². The van der Waals surface area contributed by atoms with Gasteiger partial charge in [-0.3, -0.25) is 14.4 Å². The van der Waals surface area contributed by atoms with Crippen molar-refractivity contribution in [2.24, 2.45) is 5.92 Å². The van der Waals surface area contributed by atoms with E-state index < -0.39 is 6.04 Å². The van der Waals surface area contributed by atoms with Gasteiger partial charge >= 0.3 is 0 Å². The summed E-state index contributed by atoms with van der Waals surface area (Å²) in [5.41, 5.74) is -0.324. The molecule has 1 fully saturated rings. The Kier molecular flexibility index (Phi) is 5.36. The highest BCUT2D eigenvalue weighted by Gasteiger charge is 2.45. The summed E-state index contributed by atoms with van der Waals surface area (Å²) < 4.78 is -0.139. The molecule has 0 saturated heterocycles. The van der Waals surface area contributed by atoms with Crippen LogP contribution < -0.4 is 16.0 Å². The number of nitrogens with one attached hydrogen (secondary N) is 3. The van der Waals surface area contributed by atoms with Crippen molar-refractivity contribution in [2.75, 3.05) is 6.54 Å². The number of carbonyl (C=O) groups excluding carboxylic acids is 3. The predicted octanol–water partition coefficient (Wildman–Crippen LogP) is 0.550. The quantitative estimate of drug-likeness (QED) is 0.266. The van der Waals surface area contributed by atoms with Crippen LogP contribution in [0.3, 0.4) is 0 Å². The lowest BCUT2D eigenvalue weighted by molar-refractivity contribution is -0.127. The molecular weight excluding hydrogens is 349 g/mol. The zero-order chi connectivity index (χ0) is 13.8. The van der Waals surface area contributed by atoms with Gasteiger partial charge in [0.1, 0.15) is 6.04 Å². The highest BCUT2D eigenvalue weighted by molar-refractivity contribution is 14.1. The molecule has 6 nitrogen and oxygen atoms in total. The zero-order valence-corrected chi connectivity index (χ0v) is 12.6. The van der Waals surface area contributed by atoms with Crippen LogP contribution in [0.5, 0.6) is 0 Å². The predicted molar refractivity (Wildman–Crippen MR) is 75.4 cm³/mol. The average Bonchev–Trinajstić information content (AvgIpc) is 3.03.